The summed E-state index contributed by atoms with van der Waals surface area (Å²) in [5.41, 5.74) is 7.37. The van der Waals surface area contributed by atoms with Gasteiger partial charge in [0.2, 0.25) is 0 Å². The van der Waals surface area contributed by atoms with Crippen LogP contribution in [-0.4, -0.2) is 19.6 Å². The zero-order chi connectivity index (χ0) is 30.2. The molecule has 10 heteroatoms. The summed E-state index contributed by atoms with van der Waals surface area (Å²) >= 11 is 14.0. The molecule has 1 saturated heterocycles. The molecule has 0 amide bonds. The maximum absolute atomic E-state index is 11.0. The number of aryl methyl sites for hydroxylation is 1. The maximum atomic E-state index is 11.0. The van der Waals surface area contributed by atoms with Crippen molar-refractivity contribution in [3.63, 3.8) is 0 Å². The Morgan fingerprint density at radius 1 is 0.953 bits per heavy atom. The van der Waals surface area contributed by atoms with Gasteiger partial charge in [-0.05, 0) is 111 Å². The molecular weight excluding hydrogens is 598 g/mol. The van der Waals surface area contributed by atoms with E-state index in [-0.39, 0.29) is 17.8 Å². The molecule has 6 rings (SSSR count). The quantitative estimate of drug-likeness (QED) is 0.110. The summed E-state index contributed by atoms with van der Waals surface area (Å²) in [7, 11) is 0. The van der Waals surface area contributed by atoms with E-state index >= 15 is 0 Å². The van der Waals surface area contributed by atoms with Gasteiger partial charge in [0.05, 0.1) is 22.7 Å². The number of nitrogens with zero attached hydrogens (tertiary/aromatic N) is 4. The summed E-state index contributed by atoms with van der Waals surface area (Å²) in [6.45, 7) is 6.30. The van der Waals surface area contributed by atoms with Crippen LogP contribution < -0.4 is 10.2 Å². The van der Waals surface area contributed by atoms with Crippen LogP contribution in [0, 0.1) is 30.9 Å². The van der Waals surface area contributed by atoms with Crippen molar-refractivity contribution in [1.29, 1.82) is 0 Å². The van der Waals surface area contributed by atoms with Gasteiger partial charge in [0, 0.05) is 55.9 Å². The van der Waals surface area contributed by atoms with Crippen LogP contribution in [0.4, 0.5) is 11.4 Å². The van der Waals surface area contributed by atoms with Crippen molar-refractivity contribution < 1.29 is 4.92 Å². The highest BCUT2D eigenvalue weighted by Crippen LogP contribution is 2.44. The van der Waals surface area contributed by atoms with Crippen LogP contribution in [0.5, 0.6) is 0 Å². The number of anilines is 1. The molecule has 2 atom stereocenters. The van der Waals surface area contributed by atoms with Gasteiger partial charge in [-0.2, -0.15) is 0 Å². The molecule has 0 saturated carbocycles. The topological polar surface area (TPSA) is 76.2 Å². The first-order valence-electron chi connectivity index (χ1n) is 13.7. The number of nitro groups is 1. The number of nitrogens with one attached hydrogen (secondary N) is 1. The molecule has 0 radical (unpaired) electrons. The molecule has 1 N–H and O–H groups in total. The average Bonchev–Trinajstić information content (AvgIpc) is 3.50. The molecule has 1 fully saturated rings. The van der Waals surface area contributed by atoms with E-state index < -0.39 is 4.92 Å². The lowest BCUT2D eigenvalue weighted by Crippen LogP contribution is -2.29. The van der Waals surface area contributed by atoms with E-state index in [4.69, 9.17) is 28.8 Å². The van der Waals surface area contributed by atoms with Gasteiger partial charge < -0.3 is 14.8 Å². The van der Waals surface area contributed by atoms with Gasteiger partial charge >= 0.3 is 0 Å². The van der Waals surface area contributed by atoms with Crippen LogP contribution in [-0.2, 0) is 0 Å². The second kappa shape index (κ2) is 11.8. The van der Waals surface area contributed by atoms with E-state index in [9.17, 15) is 10.1 Å². The predicted molar refractivity (Wildman–Crippen MR) is 177 cm³/mol. The molecular formula is C33H28ClN5O2S2. The third kappa shape index (κ3) is 5.51. The number of aromatic nitrogens is 2. The number of rotatable bonds is 7. The minimum absolute atomic E-state index is 0.0770. The molecule has 3 aromatic carbocycles. The molecule has 1 aliphatic rings. The molecule has 2 unspecified atom stereocenters. The lowest BCUT2D eigenvalue weighted by molar-refractivity contribution is -0.384. The minimum atomic E-state index is -0.390. The fourth-order valence-electron chi connectivity index (χ4n) is 5.69. The molecule has 7 nitrogen and oxygen atoms in total. The van der Waals surface area contributed by atoms with Crippen molar-refractivity contribution in [3.8, 4) is 5.69 Å². The second-order valence-electron chi connectivity index (χ2n) is 10.4. The first-order valence-corrected chi connectivity index (χ1v) is 15.3. The Kier molecular flexibility index (Phi) is 7.96. The number of nitro benzene ring substituents is 1. The lowest BCUT2D eigenvalue weighted by Gasteiger charge is -2.28. The second-order valence-corrected chi connectivity index (χ2v) is 12.3. The van der Waals surface area contributed by atoms with Crippen molar-refractivity contribution >= 4 is 52.1 Å². The summed E-state index contributed by atoms with van der Waals surface area (Å²) in [6, 6.07) is 28.6. The Bertz CT molecular complexity index is 1830. The van der Waals surface area contributed by atoms with Gasteiger partial charge in [-0.3, -0.25) is 15.1 Å². The molecule has 43 heavy (non-hydrogen) atoms. The van der Waals surface area contributed by atoms with E-state index in [1.807, 2.05) is 55.6 Å². The number of hydrogen-bond donors (Lipinski definition) is 1. The van der Waals surface area contributed by atoms with Gasteiger partial charge in [0.1, 0.15) is 0 Å². The molecule has 2 aromatic heterocycles. The van der Waals surface area contributed by atoms with Crippen LogP contribution >= 0.6 is 35.6 Å². The third-order valence-electron chi connectivity index (χ3n) is 7.77. The van der Waals surface area contributed by atoms with Crippen LogP contribution in [0.15, 0.2) is 107 Å². The number of thiocarbonyl (C=S) groups is 1. The molecule has 1 aliphatic heterocycles. The molecule has 0 aliphatic carbocycles. The number of halogens is 1. The van der Waals surface area contributed by atoms with Crippen LogP contribution in [0.1, 0.15) is 40.3 Å². The van der Waals surface area contributed by atoms with E-state index in [1.165, 1.54) is 12.1 Å². The van der Waals surface area contributed by atoms with Gasteiger partial charge in [-0.25, -0.2) is 0 Å². The zero-order valence-electron chi connectivity index (χ0n) is 23.7. The van der Waals surface area contributed by atoms with E-state index in [0.717, 1.165) is 54.4 Å². The monoisotopic (exact) mass is 625 g/mol. The van der Waals surface area contributed by atoms with E-state index in [0.29, 0.717) is 5.11 Å². The van der Waals surface area contributed by atoms with Gasteiger partial charge in [-0.1, -0.05) is 35.5 Å². The molecule has 0 bridgehead atoms. The van der Waals surface area contributed by atoms with E-state index in [1.54, 1.807) is 23.9 Å². The normalized spacial score (nSPS) is 16.4. The molecule has 216 valence electrons. The summed E-state index contributed by atoms with van der Waals surface area (Å²) in [4.78, 5) is 19.4. The van der Waals surface area contributed by atoms with E-state index in [2.05, 4.69) is 52.9 Å². The predicted octanol–water partition coefficient (Wildman–Crippen LogP) is 8.69. The summed E-state index contributed by atoms with van der Waals surface area (Å²) in [5, 5.41) is 15.9. The first kappa shape index (κ1) is 28.9. The molecule has 3 heterocycles. The van der Waals surface area contributed by atoms with Gasteiger partial charge in [0.15, 0.2) is 5.11 Å². The smallest absolute Gasteiger partial charge is 0.269 e. The number of pyridine rings is 1. The highest BCUT2D eigenvalue weighted by molar-refractivity contribution is 7.99. The maximum Gasteiger partial charge on any atom is 0.269 e. The SMILES string of the molecule is Cc1c(Cl)cccc1-n1c(C)cc(C2C(c3ccccn3)NC(=S)N2c2ccc(Sc3ccc([N+](=O)[O-])cc3)cc2)c1C. The van der Waals surface area contributed by atoms with Crippen molar-refractivity contribution in [1.82, 2.24) is 14.9 Å². The lowest BCUT2D eigenvalue weighted by atomic mass is 9.96. The fraction of sp³-hybridized carbons (Fsp3) is 0.152. The summed E-state index contributed by atoms with van der Waals surface area (Å²) in [5.74, 6) is 0. The Balaban J connectivity index is 1.39. The Morgan fingerprint density at radius 3 is 2.30 bits per heavy atom. The highest BCUT2D eigenvalue weighted by Gasteiger charge is 2.42. The summed E-state index contributed by atoms with van der Waals surface area (Å²) in [6.07, 6.45) is 1.81. The number of hydrogen-bond acceptors (Lipinski definition) is 5. The Hall–Kier alpha value is -4.18. The molecule has 5 aromatic rings. The Labute approximate surface area is 264 Å². The average molecular weight is 626 g/mol. The minimum Gasteiger partial charge on any atom is -0.351 e. The van der Waals surface area contributed by atoms with Crippen molar-refractivity contribution in [2.24, 2.45) is 0 Å². The fourth-order valence-corrected chi connectivity index (χ4v) is 7.02. The highest BCUT2D eigenvalue weighted by atomic mass is 35.5. The van der Waals surface area contributed by atoms with Crippen molar-refractivity contribution in [3.05, 3.63) is 141 Å². The van der Waals surface area contributed by atoms with Crippen LogP contribution in [0.3, 0.4) is 0 Å². The standard InChI is InChI=1S/C33H28ClN5O2S2/c1-20-19-27(22(3)37(20)30-9-6-7-28(34)21(30)2)32-31(29-8-4-5-18-35-29)36-33(42)38(32)23-10-14-25(15-11-23)43-26-16-12-24(13-17-26)39(40)41/h4-19,31-32H,1-3H3,(H,36,42). The first-order chi connectivity index (χ1) is 20.7. The van der Waals surface area contributed by atoms with Crippen molar-refractivity contribution in [2.45, 2.75) is 42.6 Å². The molecule has 0 spiro atoms. The third-order valence-corrected chi connectivity index (χ3v) is 9.50. The summed E-state index contributed by atoms with van der Waals surface area (Å²) < 4.78 is 2.26. The van der Waals surface area contributed by atoms with Crippen LogP contribution in [0.25, 0.3) is 5.69 Å². The number of benzene rings is 3. The van der Waals surface area contributed by atoms with Crippen molar-refractivity contribution in [2.75, 3.05) is 4.90 Å². The van der Waals surface area contributed by atoms with Crippen LogP contribution in [0.2, 0.25) is 5.02 Å². The Morgan fingerprint density at radius 2 is 1.65 bits per heavy atom. The zero-order valence-corrected chi connectivity index (χ0v) is 26.1. The van der Waals surface area contributed by atoms with Gasteiger partial charge in [0.25, 0.3) is 5.69 Å². The van der Waals surface area contributed by atoms with Gasteiger partial charge in [-0.15, -0.1) is 0 Å². The largest absolute Gasteiger partial charge is 0.351 e. The number of non-ortho nitro benzene ring substituents is 1.